The molecule has 0 aliphatic heterocycles. The number of benzene rings is 2. The number of rotatable bonds is 4. The summed E-state index contributed by atoms with van der Waals surface area (Å²) in [7, 11) is 0. The fraction of sp³-hybridized carbons (Fsp3) is 0.111. The predicted octanol–water partition coefficient (Wildman–Crippen LogP) is 4.64. The van der Waals surface area contributed by atoms with Gasteiger partial charge in [0.15, 0.2) is 0 Å². The summed E-state index contributed by atoms with van der Waals surface area (Å²) in [6.45, 7) is 1.85. The molecule has 1 aromatic heterocycles. The first kappa shape index (κ1) is 15.7. The monoisotopic (exact) mass is 342 g/mol. The molecule has 0 aliphatic carbocycles. The van der Waals surface area contributed by atoms with Gasteiger partial charge in [-0.15, -0.1) is 11.3 Å². The van der Waals surface area contributed by atoms with Gasteiger partial charge >= 0.3 is 0 Å². The van der Waals surface area contributed by atoms with Gasteiger partial charge in [0.05, 0.1) is 21.3 Å². The molecule has 0 bridgehead atoms. The number of thiophene rings is 1. The van der Waals surface area contributed by atoms with Crippen LogP contribution in [-0.2, 0) is 11.2 Å². The van der Waals surface area contributed by atoms with E-state index in [-0.39, 0.29) is 5.91 Å². The van der Waals surface area contributed by atoms with Crippen molar-refractivity contribution in [1.29, 1.82) is 0 Å². The topological polar surface area (TPSA) is 41.5 Å². The maximum absolute atomic E-state index is 12.2. The van der Waals surface area contributed by atoms with Gasteiger partial charge in [0, 0.05) is 0 Å². The molecule has 0 saturated heterocycles. The predicted molar refractivity (Wildman–Crippen MR) is 97.3 cm³/mol. The Morgan fingerprint density at radius 3 is 2.70 bits per heavy atom. The van der Waals surface area contributed by atoms with Gasteiger partial charge in [-0.3, -0.25) is 4.79 Å². The summed E-state index contributed by atoms with van der Waals surface area (Å²) in [5.74, 6) is -0.136. The molecule has 0 atom stereocenters. The minimum Gasteiger partial charge on any atom is -0.273 e. The van der Waals surface area contributed by atoms with Gasteiger partial charge in [-0.05, 0) is 35.4 Å². The van der Waals surface area contributed by atoms with E-state index < -0.39 is 0 Å². The Balaban J connectivity index is 1.72. The number of hydrogen-bond donors (Lipinski definition) is 1. The number of amides is 1. The molecule has 0 spiro atoms. The lowest BCUT2D eigenvalue weighted by Gasteiger charge is -2.06. The van der Waals surface area contributed by atoms with E-state index in [0.717, 1.165) is 26.9 Å². The van der Waals surface area contributed by atoms with Crippen molar-refractivity contribution in [3.05, 3.63) is 69.4 Å². The molecule has 23 heavy (non-hydrogen) atoms. The molecule has 0 saturated carbocycles. The molecule has 3 rings (SSSR count). The lowest BCUT2D eigenvalue weighted by molar-refractivity contribution is -0.120. The fourth-order valence-electron chi connectivity index (χ4n) is 2.37. The second kappa shape index (κ2) is 6.94. The molecule has 116 valence electrons. The minimum absolute atomic E-state index is 0.136. The van der Waals surface area contributed by atoms with Crippen LogP contribution >= 0.6 is 22.9 Å². The Hall–Kier alpha value is -2.17. The van der Waals surface area contributed by atoms with Crippen LogP contribution < -0.4 is 5.43 Å². The maximum atomic E-state index is 12.2. The molecule has 3 aromatic rings. The summed E-state index contributed by atoms with van der Waals surface area (Å²) in [6.07, 6.45) is 0.295. The lowest BCUT2D eigenvalue weighted by Crippen LogP contribution is -2.21. The zero-order chi connectivity index (χ0) is 16.2. The molecule has 1 amide bonds. The number of hydrazone groups is 1. The van der Waals surface area contributed by atoms with Gasteiger partial charge in [0.25, 0.3) is 0 Å². The Labute approximate surface area is 143 Å². The largest absolute Gasteiger partial charge is 0.273 e. The van der Waals surface area contributed by atoms with Gasteiger partial charge in [-0.25, -0.2) is 5.43 Å². The third kappa shape index (κ3) is 3.78. The first-order valence-electron chi connectivity index (χ1n) is 7.19. The van der Waals surface area contributed by atoms with Crippen molar-refractivity contribution in [3.63, 3.8) is 0 Å². The number of fused-ring (bicyclic) bond motifs is 1. The van der Waals surface area contributed by atoms with Gasteiger partial charge < -0.3 is 0 Å². The highest BCUT2D eigenvalue weighted by molar-refractivity contribution is 7.18. The van der Waals surface area contributed by atoms with E-state index in [9.17, 15) is 4.79 Å². The second-order valence-corrected chi connectivity index (χ2v) is 6.87. The highest BCUT2D eigenvalue weighted by Crippen LogP contribution is 2.22. The summed E-state index contributed by atoms with van der Waals surface area (Å²) in [5.41, 5.74) is 4.35. The highest BCUT2D eigenvalue weighted by Gasteiger charge is 2.07. The van der Waals surface area contributed by atoms with Gasteiger partial charge in [0.1, 0.15) is 0 Å². The van der Waals surface area contributed by atoms with E-state index in [2.05, 4.69) is 10.5 Å². The zero-order valence-electron chi connectivity index (χ0n) is 12.5. The maximum Gasteiger partial charge on any atom is 0.244 e. The van der Waals surface area contributed by atoms with Crippen LogP contribution in [-0.4, -0.2) is 11.6 Å². The van der Waals surface area contributed by atoms with Crippen LogP contribution in [0.1, 0.15) is 17.4 Å². The molecule has 0 aliphatic rings. The smallest absolute Gasteiger partial charge is 0.244 e. The quantitative estimate of drug-likeness (QED) is 0.544. The normalized spacial score (nSPS) is 11.7. The van der Waals surface area contributed by atoms with Gasteiger partial charge in [-0.2, -0.15) is 5.10 Å². The first-order valence-corrected chi connectivity index (χ1v) is 8.38. The summed E-state index contributed by atoms with van der Waals surface area (Å²) >= 11 is 7.34. The van der Waals surface area contributed by atoms with E-state index in [1.54, 1.807) is 0 Å². The molecule has 0 fully saturated rings. The number of nitrogens with one attached hydrogen (secondary N) is 1. The van der Waals surface area contributed by atoms with E-state index in [1.807, 2.05) is 61.5 Å². The summed E-state index contributed by atoms with van der Waals surface area (Å²) in [5, 5.41) is 6.38. The molecule has 1 N–H and O–H groups in total. The summed E-state index contributed by atoms with van der Waals surface area (Å²) in [4.78, 5) is 13.1. The van der Waals surface area contributed by atoms with Gasteiger partial charge in [0.2, 0.25) is 5.91 Å². The molecule has 2 aromatic carbocycles. The SMILES string of the molecule is C/C(=N\NC(=O)Cc1cccc2ccccc12)c1ccc(Cl)s1. The highest BCUT2D eigenvalue weighted by atomic mass is 35.5. The number of hydrogen-bond acceptors (Lipinski definition) is 3. The van der Waals surface area contributed by atoms with E-state index in [4.69, 9.17) is 11.6 Å². The second-order valence-electron chi connectivity index (χ2n) is 5.15. The van der Waals surface area contributed by atoms with Crippen LogP contribution in [0.25, 0.3) is 10.8 Å². The lowest BCUT2D eigenvalue weighted by atomic mass is 10.0. The van der Waals surface area contributed by atoms with Crippen molar-refractivity contribution < 1.29 is 4.79 Å². The number of carbonyl (C=O) groups is 1. The van der Waals surface area contributed by atoms with E-state index >= 15 is 0 Å². The summed E-state index contributed by atoms with van der Waals surface area (Å²) in [6, 6.07) is 17.7. The average molecular weight is 343 g/mol. The average Bonchev–Trinajstić information content (AvgIpc) is 2.99. The van der Waals surface area contributed by atoms with Crippen molar-refractivity contribution in [2.45, 2.75) is 13.3 Å². The molecule has 0 radical (unpaired) electrons. The number of nitrogens with zero attached hydrogens (tertiary/aromatic N) is 1. The Morgan fingerprint density at radius 1 is 1.13 bits per heavy atom. The number of carbonyl (C=O) groups excluding carboxylic acids is 1. The Kier molecular flexibility index (Phi) is 4.74. The first-order chi connectivity index (χ1) is 11.1. The molecule has 0 unspecified atom stereocenters. The van der Waals surface area contributed by atoms with Crippen LogP contribution in [0.15, 0.2) is 59.7 Å². The van der Waals surface area contributed by atoms with Crippen LogP contribution in [0.2, 0.25) is 4.34 Å². The molecule has 1 heterocycles. The third-order valence-corrected chi connectivity index (χ3v) is 4.85. The minimum atomic E-state index is -0.136. The van der Waals surface area contributed by atoms with E-state index in [1.165, 1.54) is 11.3 Å². The number of halogens is 1. The van der Waals surface area contributed by atoms with Crippen LogP contribution in [0.5, 0.6) is 0 Å². The summed E-state index contributed by atoms with van der Waals surface area (Å²) < 4.78 is 0.705. The van der Waals surface area contributed by atoms with Crippen LogP contribution in [0.4, 0.5) is 0 Å². The van der Waals surface area contributed by atoms with Gasteiger partial charge in [-0.1, -0.05) is 54.1 Å². The van der Waals surface area contributed by atoms with Crippen molar-refractivity contribution in [2.75, 3.05) is 0 Å². The molecule has 3 nitrogen and oxygen atoms in total. The van der Waals surface area contributed by atoms with Crippen molar-refractivity contribution in [3.8, 4) is 0 Å². The standard InChI is InChI=1S/C18H15ClN2OS/c1-12(16-9-10-17(19)23-16)20-21-18(22)11-14-7-4-6-13-5-2-3-8-15(13)14/h2-10H,11H2,1H3,(H,21,22)/b20-12+. The Morgan fingerprint density at radius 2 is 1.91 bits per heavy atom. The Bertz CT molecular complexity index is 880. The van der Waals surface area contributed by atoms with Crippen LogP contribution in [0, 0.1) is 0 Å². The molecular formula is C18H15ClN2OS. The zero-order valence-corrected chi connectivity index (χ0v) is 14.1. The third-order valence-electron chi connectivity index (χ3n) is 3.51. The van der Waals surface area contributed by atoms with Crippen molar-refractivity contribution >= 4 is 45.3 Å². The van der Waals surface area contributed by atoms with Crippen molar-refractivity contribution in [2.24, 2.45) is 5.10 Å². The molecular weight excluding hydrogens is 328 g/mol. The van der Waals surface area contributed by atoms with E-state index in [0.29, 0.717) is 10.8 Å². The van der Waals surface area contributed by atoms with Crippen LogP contribution in [0.3, 0.4) is 0 Å². The fourth-order valence-corrected chi connectivity index (χ4v) is 3.36. The van der Waals surface area contributed by atoms with Crippen molar-refractivity contribution in [1.82, 2.24) is 5.43 Å². The molecule has 5 heteroatoms.